The second-order valence-electron chi connectivity index (χ2n) is 30.6. The number of carboxylic acids is 1. The van der Waals surface area contributed by atoms with E-state index >= 15 is 0 Å². The molecule has 7 N–H and O–H groups in total. The molecule has 32 heteroatoms. The second kappa shape index (κ2) is 65.9. The van der Waals surface area contributed by atoms with Gasteiger partial charge in [-0.25, -0.2) is 29.2 Å². The molecule has 686 valence electrons. The Bertz CT molecular complexity index is 4670. The number of phenols is 2. The fourth-order valence-corrected chi connectivity index (χ4v) is 16.1. The molecule has 0 aliphatic carbocycles. The number of ether oxygens (including phenoxy) is 7. The molecule has 10 aromatic rings. The van der Waals surface area contributed by atoms with Crippen LogP contribution in [0.3, 0.4) is 0 Å². The van der Waals surface area contributed by atoms with Gasteiger partial charge in [-0.2, -0.15) is 15.6 Å². The maximum absolute atomic E-state index is 12.4. The summed E-state index contributed by atoms with van der Waals surface area (Å²) in [6.07, 6.45) is 0. The number of phenolic OH excluding ortho intramolecular Hbond substituents is 2. The number of benzene rings is 10. The molecular weight excluding hydrogens is 2060 g/mol. The quantitative estimate of drug-likeness (QED) is 0.00223. The van der Waals surface area contributed by atoms with E-state index in [4.69, 9.17) is 72.2 Å². The summed E-state index contributed by atoms with van der Waals surface area (Å²) < 4.78 is 87.2. The number of esters is 4. The third kappa shape index (κ3) is 48.3. The number of aromatic hydroxyl groups is 2. The number of aliphatic hydroxyl groups excluding tert-OH is 1. The van der Waals surface area contributed by atoms with Gasteiger partial charge in [0, 0.05) is 38.7 Å². The van der Waals surface area contributed by atoms with E-state index in [1.54, 1.807) is 116 Å². The fraction of sp³-hybridized carbons (Fsp3) is 0.309. The first kappa shape index (κ1) is 118. The van der Waals surface area contributed by atoms with Crippen LogP contribution < -0.4 is 117 Å². The molecular formula is C97H111Br5FK2O23S+. The van der Waals surface area contributed by atoms with Crippen molar-refractivity contribution in [3.05, 3.63) is 278 Å². The van der Waals surface area contributed by atoms with Crippen molar-refractivity contribution in [3.8, 4) is 84.4 Å². The first-order valence-corrected chi connectivity index (χ1v) is 46.8. The molecule has 0 heterocycles. The largest absolute Gasteiger partial charge is 1.00 e. The third-order valence-corrected chi connectivity index (χ3v) is 23.2. The number of carbonyl (C=O) groups is 6. The van der Waals surface area contributed by atoms with Gasteiger partial charge in [0.1, 0.15) is 48.6 Å². The van der Waals surface area contributed by atoms with Crippen molar-refractivity contribution in [1.29, 1.82) is 1.43 Å². The summed E-state index contributed by atoms with van der Waals surface area (Å²) >= 11 is 17.6. The number of rotatable bonds is 35. The smallest absolute Gasteiger partial charge is 0.508 e. The van der Waals surface area contributed by atoms with E-state index in [0.29, 0.717) is 95.1 Å². The molecule has 0 spiro atoms. The summed E-state index contributed by atoms with van der Waals surface area (Å²) in [5, 5.41) is 42.9. The molecule has 0 bridgehead atoms. The van der Waals surface area contributed by atoms with Gasteiger partial charge in [-0.05, 0) is 207 Å². The van der Waals surface area contributed by atoms with E-state index in [9.17, 15) is 33.5 Å². The molecule has 0 amide bonds. The van der Waals surface area contributed by atoms with Crippen LogP contribution in [0.5, 0.6) is 28.7 Å². The van der Waals surface area contributed by atoms with Gasteiger partial charge in [0.15, 0.2) is 0 Å². The van der Waals surface area contributed by atoms with Crippen molar-refractivity contribution >= 4 is 126 Å². The molecule has 10 rings (SSSR count). The topological polar surface area (TPSA) is 352 Å². The van der Waals surface area contributed by atoms with E-state index < -0.39 is 21.8 Å². The number of alkyl halides is 5. The summed E-state index contributed by atoms with van der Waals surface area (Å²) in [4.78, 5) is 72.0. The van der Waals surface area contributed by atoms with Gasteiger partial charge in [0.2, 0.25) is 0 Å². The number of halogens is 6. The molecule has 23 nitrogen and oxygen atoms in total. The monoisotopic (exact) mass is 2170 g/mol. The Hall–Kier alpha value is -6.59. The van der Waals surface area contributed by atoms with E-state index in [2.05, 4.69) is 89.8 Å². The molecule has 10 aromatic carbocycles. The predicted molar refractivity (Wildman–Crippen MR) is 513 cm³/mol. The maximum atomic E-state index is 12.4. The van der Waals surface area contributed by atoms with Crippen LogP contribution >= 0.6 is 79.6 Å². The molecule has 0 aliphatic heterocycles. The molecule has 129 heavy (non-hydrogen) atoms. The molecule has 0 aromatic heterocycles. The van der Waals surface area contributed by atoms with Gasteiger partial charge in [0.25, 0.3) is 1.43 Å². The van der Waals surface area contributed by atoms with Gasteiger partial charge in [-0.1, -0.05) is 270 Å². The van der Waals surface area contributed by atoms with Gasteiger partial charge in [0.05, 0.1) is 59.7 Å². The fourth-order valence-electron chi connectivity index (χ4n) is 10.0. The molecule has 0 aliphatic rings. The maximum Gasteiger partial charge on any atom is 1.00 e. The number of aromatic carboxylic acids is 1. The summed E-state index contributed by atoms with van der Waals surface area (Å²) in [5.41, 5.74) is 11.7. The SMILES string of the molecule is BrCC(CBr)(CBr)CBr.CC(C)CO.CC(C)COC(=O)c1ccc(-c2ccc(O)cc2)cc1.CC(C)COC(=O)c1ccc(-c2ccc(OCC(CBr)(COc3ccc(-c4ccc(C(=O)OCC(C)C)cc4)cc3)COc3ccc(-c4ccc(C(=O)OCC(C)C)cc4)cc3)cc2)cc1.O=C(O)c1ccc(-c2ccc(O)cc2)cc1.O=S(=O)(O)O.[2H]OOC=O.[CH2-]F.[K+].[K+]. The van der Waals surface area contributed by atoms with E-state index in [1.807, 2.05) is 203 Å². The minimum Gasteiger partial charge on any atom is -0.508 e. The Balaban J connectivity index is 0.00000105. The van der Waals surface area contributed by atoms with Crippen LogP contribution in [0, 0.1) is 47.6 Å². The average Bonchev–Trinajstić information content (AvgIpc) is 0.825. The van der Waals surface area contributed by atoms with E-state index in [1.165, 1.54) is 0 Å². The van der Waals surface area contributed by atoms with Crippen molar-refractivity contribution in [2.45, 2.75) is 69.2 Å². The standard InChI is InChI=1S/C56H59BrO9.C17H18O3.C13H10O3.C5H8Br4.C4H10O.CH2F.CH2O3.2K.H2O4S/c1-38(2)31-61-53(58)47-13-7-41(8-14-47)44-19-25-50(26-20-44)64-35-56(34-57,36-65-51-27-21-45(22-28-51)42-9-15-48(16-10-42)54(59)62-32-39(3)4)37-66-52-29-23-46(24-30-52)43-11-17-49(18-12-43)55(60)63-33-40(5)6;1-12(2)11-20-17(19)15-5-3-13(4-6-15)14-7-9-16(18)10-8-14;14-12-7-5-10(6-8-12)9-1-3-11(4-2-9)13(15)16;6-1-5(2-7,3-8)4-9;1-4(2)3-5;1-2;2-1-4-3;;;1-5(2,3)4/h7-30,38-40H,31-37H2,1-6H3;3-10,12,18H,11H2,1-2H3;1-8,14H,(H,15,16);1-4H2;4-5H,3H2,1-2H3;1H2;1,3H;;;(H2,1,2,3,4)/q;;;;;-1;;2*+1;/i/hD. The predicted octanol–water partition coefficient (Wildman–Crippen LogP) is 17.6. The minimum atomic E-state index is -4.67. The number of hydrogen-bond acceptors (Lipinski definition) is 20. The second-order valence-corrected chi connectivity index (χ2v) is 34.3. The number of hydrogen-bond donors (Lipinski definition) is 7. The van der Waals surface area contributed by atoms with Crippen molar-refractivity contribution < 1.29 is 217 Å². The Morgan fingerprint density at radius 1 is 0.364 bits per heavy atom. The van der Waals surface area contributed by atoms with Gasteiger partial charge >= 0.3 is 149 Å². The average molecular weight is 2170 g/mol. The van der Waals surface area contributed by atoms with Gasteiger partial charge in [-0.15, -0.1) is 0 Å². The zero-order chi connectivity index (χ0) is 95.4. The zero-order valence-electron chi connectivity index (χ0n) is 75.3. The number of carbonyl (C=O) groups excluding carboxylic acids is 5. The number of aliphatic hydroxyl groups is 1. The first-order chi connectivity index (χ1) is 60.9. The summed E-state index contributed by atoms with van der Waals surface area (Å²) in [6.45, 7) is 22.7. The van der Waals surface area contributed by atoms with Crippen molar-refractivity contribution in [2.24, 2.45) is 40.4 Å². The van der Waals surface area contributed by atoms with E-state index in [-0.39, 0.29) is 188 Å². The van der Waals surface area contributed by atoms with Gasteiger partial charge < -0.3 is 62.9 Å². The van der Waals surface area contributed by atoms with Crippen LogP contribution in [0.2, 0.25) is 0 Å². The van der Waals surface area contributed by atoms with Crippen LogP contribution in [0.25, 0.3) is 57.1 Å². The summed E-state index contributed by atoms with van der Waals surface area (Å²) in [5.74, 6) is 1.86. The summed E-state index contributed by atoms with van der Waals surface area (Å²) in [7, 11) is -2.92. The Morgan fingerprint density at radius 3 is 0.682 bits per heavy atom. The van der Waals surface area contributed by atoms with E-state index in [0.717, 1.165) is 77.0 Å². The van der Waals surface area contributed by atoms with Crippen molar-refractivity contribution in [3.63, 3.8) is 0 Å². The molecule has 0 saturated heterocycles. The van der Waals surface area contributed by atoms with Crippen LogP contribution in [0.4, 0.5) is 4.39 Å². The van der Waals surface area contributed by atoms with Crippen LogP contribution in [0.1, 0.15) is 121 Å². The van der Waals surface area contributed by atoms with Crippen LogP contribution in [-0.2, 0) is 39.0 Å². The Kier molecular flexibility index (Phi) is 60.5. The Labute approximate surface area is 885 Å². The number of carboxylic acid groups (broad SMARTS) is 1. The van der Waals surface area contributed by atoms with Gasteiger partial charge in [-0.3, -0.25) is 13.9 Å². The third-order valence-electron chi connectivity index (χ3n) is 17.2. The molecule has 0 unspecified atom stereocenters. The molecule has 0 radical (unpaired) electrons. The first-order valence-electron chi connectivity index (χ1n) is 40.2. The van der Waals surface area contributed by atoms with Crippen LogP contribution in [-0.4, -0.2) is 159 Å². The Morgan fingerprint density at radius 2 is 0.543 bits per heavy atom. The van der Waals surface area contributed by atoms with Crippen molar-refractivity contribution in [2.75, 3.05) is 79.5 Å². The molecule has 0 atom stereocenters. The van der Waals surface area contributed by atoms with Crippen LogP contribution in [0.15, 0.2) is 243 Å². The summed E-state index contributed by atoms with van der Waals surface area (Å²) in [6, 6.07) is 73.3. The molecule has 0 saturated carbocycles. The normalized spacial score (nSPS) is 10.7. The van der Waals surface area contributed by atoms with Crippen molar-refractivity contribution in [1.82, 2.24) is 0 Å². The zero-order valence-corrected chi connectivity index (χ0v) is 89.2. The minimum absolute atomic E-state index is 0. The molecule has 0 fully saturated rings.